The topological polar surface area (TPSA) is 0 Å². The van der Waals surface area contributed by atoms with Crippen molar-refractivity contribution in [2.45, 2.75) is 6.16 Å². The zero-order valence-corrected chi connectivity index (χ0v) is 10.1. The summed E-state index contributed by atoms with van der Waals surface area (Å²) in [5.41, 5.74) is 1.52. The molecule has 76 valence electrons. The lowest BCUT2D eigenvalue weighted by atomic mass is 10.2. The fourth-order valence-electron chi connectivity index (χ4n) is 1.89. The van der Waals surface area contributed by atoms with E-state index in [1.165, 1.54) is 24.0 Å². The van der Waals surface area contributed by atoms with E-state index in [0.29, 0.717) is 0 Å². The molecule has 0 aromatic heterocycles. The van der Waals surface area contributed by atoms with Gasteiger partial charge < -0.3 is 12.4 Å². The van der Waals surface area contributed by atoms with Crippen molar-refractivity contribution in [3.05, 3.63) is 48.0 Å². The SMILES string of the molecule is C[P+]1(Cc2ccccc2)CC=CC1.[Cl-]. The molecule has 1 heterocycles. The van der Waals surface area contributed by atoms with Crippen LogP contribution in [0.25, 0.3) is 0 Å². The lowest BCUT2D eigenvalue weighted by molar-refractivity contribution is -0.00000282. The van der Waals surface area contributed by atoms with Gasteiger partial charge in [0.1, 0.15) is 0 Å². The van der Waals surface area contributed by atoms with Gasteiger partial charge in [-0.05, 0) is 17.7 Å². The van der Waals surface area contributed by atoms with Crippen LogP contribution in [0.2, 0.25) is 0 Å². The summed E-state index contributed by atoms with van der Waals surface area (Å²) in [4.78, 5) is 0. The Labute approximate surface area is 93.2 Å². The number of halogens is 1. The van der Waals surface area contributed by atoms with Gasteiger partial charge in [-0.25, -0.2) is 0 Å². The van der Waals surface area contributed by atoms with Gasteiger partial charge in [0, 0.05) is 13.9 Å². The Morgan fingerprint density at radius 2 is 1.64 bits per heavy atom. The van der Waals surface area contributed by atoms with E-state index in [9.17, 15) is 0 Å². The van der Waals surface area contributed by atoms with E-state index in [2.05, 4.69) is 49.1 Å². The van der Waals surface area contributed by atoms with Crippen molar-refractivity contribution in [2.75, 3.05) is 19.0 Å². The molecule has 1 aliphatic heterocycles. The van der Waals surface area contributed by atoms with Gasteiger partial charge in [-0.2, -0.15) is 0 Å². The molecule has 1 aliphatic rings. The van der Waals surface area contributed by atoms with E-state index in [1.807, 2.05) is 0 Å². The molecule has 0 saturated carbocycles. The fourth-order valence-corrected chi connectivity index (χ4v) is 4.70. The van der Waals surface area contributed by atoms with Crippen molar-refractivity contribution in [1.29, 1.82) is 0 Å². The third-order valence-corrected chi connectivity index (χ3v) is 5.98. The Morgan fingerprint density at radius 1 is 1.07 bits per heavy atom. The van der Waals surface area contributed by atoms with Crippen LogP contribution in [0, 0.1) is 0 Å². The van der Waals surface area contributed by atoms with Crippen LogP contribution in [0.5, 0.6) is 0 Å². The maximum absolute atomic E-state index is 2.49. The molecule has 0 atom stereocenters. The number of hydrogen-bond donors (Lipinski definition) is 0. The minimum atomic E-state index is -0.653. The number of hydrogen-bond acceptors (Lipinski definition) is 0. The molecule has 0 N–H and O–H groups in total. The molecule has 0 fully saturated rings. The first-order valence-corrected chi connectivity index (χ1v) is 7.60. The molecule has 2 rings (SSSR count). The molecule has 1 aromatic carbocycles. The summed E-state index contributed by atoms with van der Waals surface area (Å²) >= 11 is 0. The lowest BCUT2D eigenvalue weighted by Crippen LogP contribution is -3.00. The van der Waals surface area contributed by atoms with Gasteiger partial charge in [-0.1, -0.05) is 30.3 Å². The molecule has 0 saturated heterocycles. The maximum atomic E-state index is 2.49. The summed E-state index contributed by atoms with van der Waals surface area (Å²) in [6.45, 7) is 2.49. The van der Waals surface area contributed by atoms with E-state index in [0.717, 1.165) is 0 Å². The molecule has 0 spiro atoms. The summed E-state index contributed by atoms with van der Waals surface area (Å²) in [5, 5.41) is 0. The minimum absolute atomic E-state index is 0. The Hall–Kier alpha value is -0.320. The van der Waals surface area contributed by atoms with Crippen LogP contribution in [0.1, 0.15) is 5.56 Å². The normalized spacial score (nSPS) is 17.8. The first kappa shape index (κ1) is 11.8. The average Bonchev–Trinajstić information content (AvgIpc) is 2.54. The van der Waals surface area contributed by atoms with Crippen LogP contribution in [-0.4, -0.2) is 19.0 Å². The number of allylic oxidation sites excluding steroid dienone is 2. The molecule has 0 amide bonds. The van der Waals surface area contributed by atoms with Crippen LogP contribution in [0.3, 0.4) is 0 Å². The zero-order valence-electron chi connectivity index (χ0n) is 8.49. The van der Waals surface area contributed by atoms with Gasteiger partial charge >= 0.3 is 0 Å². The van der Waals surface area contributed by atoms with Crippen LogP contribution in [-0.2, 0) is 6.16 Å². The number of benzene rings is 1. The fraction of sp³-hybridized carbons (Fsp3) is 0.333. The molecule has 0 aliphatic carbocycles. The Morgan fingerprint density at radius 3 is 2.21 bits per heavy atom. The summed E-state index contributed by atoms with van der Waals surface area (Å²) in [5.74, 6) is 0. The molecule has 0 bridgehead atoms. The third kappa shape index (κ3) is 2.83. The first-order chi connectivity index (χ1) is 6.29. The van der Waals surface area contributed by atoms with Crippen molar-refractivity contribution in [2.24, 2.45) is 0 Å². The van der Waals surface area contributed by atoms with Gasteiger partial charge in [0.15, 0.2) is 0 Å². The second kappa shape index (κ2) is 4.96. The predicted molar refractivity (Wildman–Crippen MR) is 61.9 cm³/mol. The highest BCUT2D eigenvalue weighted by Crippen LogP contribution is 2.60. The highest BCUT2D eigenvalue weighted by Gasteiger charge is 2.32. The van der Waals surface area contributed by atoms with Crippen LogP contribution in [0.4, 0.5) is 0 Å². The second-order valence-electron chi connectivity index (χ2n) is 4.10. The largest absolute Gasteiger partial charge is 1.00 e. The van der Waals surface area contributed by atoms with Gasteiger partial charge in [0.25, 0.3) is 0 Å². The average molecular weight is 227 g/mol. The third-order valence-electron chi connectivity index (χ3n) is 2.67. The maximum Gasteiger partial charge on any atom is 0.0846 e. The minimum Gasteiger partial charge on any atom is -1.00 e. The molecule has 2 heteroatoms. The highest BCUT2D eigenvalue weighted by molar-refractivity contribution is 7.75. The highest BCUT2D eigenvalue weighted by atomic mass is 35.5. The predicted octanol–water partition coefficient (Wildman–Crippen LogP) is 0.408. The quantitative estimate of drug-likeness (QED) is 0.506. The molecule has 0 unspecified atom stereocenters. The molecule has 0 nitrogen and oxygen atoms in total. The van der Waals surface area contributed by atoms with Crippen LogP contribution < -0.4 is 12.4 Å². The molecule has 0 radical (unpaired) electrons. The van der Waals surface area contributed by atoms with E-state index >= 15 is 0 Å². The summed E-state index contributed by atoms with van der Waals surface area (Å²) in [6.07, 6.45) is 8.73. The van der Waals surface area contributed by atoms with Crippen molar-refractivity contribution >= 4 is 7.26 Å². The monoisotopic (exact) mass is 226 g/mol. The first-order valence-electron chi connectivity index (χ1n) is 4.81. The van der Waals surface area contributed by atoms with Crippen molar-refractivity contribution in [1.82, 2.24) is 0 Å². The summed E-state index contributed by atoms with van der Waals surface area (Å²) < 4.78 is 0. The van der Waals surface area contributed by atoms with Crippen LogP contribution >= 0.6 is 7.26 Å². The Balaban J connectivity index is 0.000000980. The van der Waals surface area contributed by atoms with Crippen molar-refractivity contribution < 1.29 is 12.4 Å². The molecule has 14 heavy (non-hydrogen) atoms. The summed E-state index contributed by atoms with van der Waals surface area (Å²) in [7, 11) is -0.653. The van der Waals surface area contributed by atoms with E-state index < -0.39 is 7.26 Å². The smallest absolute Gasteiger partial charge is 0.0846 e. The molecular formula is C12H16ClP. The van der Waals surface area contributed by atoms with Crippen molar-refractivity contribution in [3.63, 3.8) is 0 Å². The van der Waals surface area contributed by atoms with Crippen LogP contribution in [0.15, 0.2) is 42.5 Å². The van der Waals surface area contributed by atoms with E-state index in [1.54, 1.807) is 0 Å². The summed E-state index contributed by atoms with van der Waals surface area (Å²) in [6, 6.07) is 10.9. The Kier molecular flexibility index (Phi) is 4.16. The van der Waals surface area contributed by atoms with Gasteiger partial charge in [0.2, 0.25) is 0 Å². The number of rotatable bonds is 2. The molecular weight excluding hydrogens is 211 g/mol. The zero-order chi connectivity index (χ0) is 9.15. The molecule has 1 aromatic rings. The van der Waals surface area contributed by atoms with Crippen molar-refractivity contribution in [3.8, 4) is 0 Å². The second-order valence-corrected chi connectivity index (χ2v) is 8.39. The lowest BCUT2D eigenvalue weighted by Gasteiger charge is -2.16. The standard InChI is InChI=1S/C12H16P.ClH/c1-13(9-5-6-10-13)11-12-7-3-2-4-8-12;/h2-8H,9-11H2,1H3;1H/q+1;/p-1. The van der Waals surface area contributed by atoms with E-state index in [4.69, 9.17) is 0 Å². The van der Waals surface area contributed by atoms with E-state index in [-0.39, 0.29) is 12.4 Å². The van der Waals surface area contributed by atoms with Gasteiger partial charge in [-0.3, -0.25) is 0 Å². The Bertz CT molecular complexity index is 297. The van der Waals surface area contributed by atoms with Gasteiger partial charge in [-0.15, -0.1) is 0 Å². The van der Waals surface area contributed by atoms with Gasteiger partial charge in [0.05, 0.1) is 18.5 Å².